The maximum absolute atomic E-state index is 5.92. The molecule has 2 aromatic carbocycles. The summed E-state index contributed by atoms with van der Waals surface area (Å²) in [6, 6.07) is 19.7. The maximum Gasteiger partial charge on any atom is 0.189 e. The Morgan fingerprint density at radius 1 is 1.00 bits per heavy atom. The Balaban J connectivity index is 1.72. The van der Waals surface area contributed by atoms with Crippen molar-refractivity contribution >= 4 is 23.3 Å². The van der Waals surface area contributed by atoms with Gasteiger partial charge in [0.2, 0.25) is 0 Å². The van der Waals surface area contributed by atoms with Gasteiger partial charge in [0.25, 0.3) is 0 Å². The highest BCUT2D eigenvalue weighted by Gasteiger charge is 2.27. The molecule has 1 atom stereocenters. The van der Waals surface area contributed by atoms with E-state index in [0.29, 0.717) is 0 Å². The Kier molecular flexibility index (Phi) is 4.94. The molecule has 0 amide bonds. The van der Waals surface area contributed by atoms with E-state index in [1.54, 1.807) is 9.80 Å². The molecule has 4 nitrogen and oxygen atoms in total. The zero-order chi connectivity index (χ0) is 18.1. The minimum Gasteiger partial charge on any atom is -0.337 e. The predicted octanol–water partition coefficient (Wildman–Crippen LogP) is 1.31. The van der Waals surface area contributed by atoms with Crippen LogP contribution in [0.1, 0.15) is 12.8 Å². The van der Waals surface area contributed by atoms with Gasteiger partial charge >= 0.3 is 0 Å². The van der Waals surface area contributed by atoms with Gasteiger partial charge in [0.1, 0.15) is 0 Å². The van der Waals surface area contributed by atoms with Crippen LogP contribution in [0.5, 0.6) is 0 Å². The fraction of sp³-hybridized carbons (Fsp3) is 0.381. The van der Waals surface area contributed by atoms with Crippen molar-refractivity contribution in [1.29, 1.82) is 0 Å². The number of hydrogen-bond acceptors (Lipinski definition) is 1. The van der Waals surface area contributed by atoms with Gasteiger partial charge in [-0.3, -0.25) is 9.13 Å². The fourth-order valence-electron chi connectivity index (χ4n) is 4.17. The first-order chi connectivity index (χ1) is 12.6. The van der Waals surface area contributed by atoms with Crippen LogP contribution in [0.2, 0.25) is 0 Å². The lowest BCUT2D eigenvalue weighted by atomic mass is 10.0. The Hall–Kier alpha value is -1.95. The molecule has 5 heteroatoms. The van der Waals surface area contributed by atoms with Gasteiger partial charge in [0.15, 0.2) is 11.4 Å². The van der Waals surface area contributed by atoms with E-state index < -0.39 is 0 Å². The van der Waals surface area contributed by atoms with Crippen LogP contribution in [0.15, 0.2) is 54.6 Å². The summed E-state index contributed by atoms with van der Waals surface area (Å²) in [7, 11) is 4.62. The molecule has 0 bridgehead atoms. The highest BCUT2D eigenvalue weighted by Crippen LogP contribution is 2.21. The van der Waals surface area contributed by atoms with Crippen molar-refractivity contribution in [3.63, 3.8) is 0 Å². The van der Waals surface area contributed by atoms with E-state index in [0.717, 1.165) is 23.2 Å². The van der Waals surface area contributed by atoms with E-state index in [1.165, 1.54) is 37.0 Å². The summed E-state index contributed by atoms with van der Waals surface area (Å²) >= 11 is 5.92. The molecule has 1 unspecified atom stereocenters. The van der Waals surface area contributed by atoms with Crippen LogP contribution in [0.25, 0.3) is 16.7 Å². The quantitative estimate of drug-likeness (QED) is 0.665. The molecule has 0 spiro atoms. The molecule has 2 N–H and O–H groups in total. The summed E-state index contributed by atoms with van der Waals surface area (Å²) in [5, 5.41) is 0. The molecule has 26 heavy (non-hydrogen) atoms. The van der Waals surface area contributed by atoms with E-state index in [9.17, 15) is 0 Å². The second kappa shape index (κ2) is 7.35. The Morgan fingerprint density at radius 2 is 1.62 bits per heavy atom. The molecule has 0 aliphatic carbocycles. The van der Waals surface area contributed by atoms with Crippen LogP contribution >= 0.6 is 12.2 Å². The molecule has 1 aliphatic heterocycles. The third-order valence-electron chi connectivity index (χ3n) is 5.79. The summed E-state index contributed by atoms with van der Waals surface area (Å²) in [5.41, 5.74) is 3.54. The van der Waals surface area contributed by atoms with Crippen LogP contribution in [0, 0.1) is 4.77 Å². The van der Waals surface area contributed by atoms with Crippen molar-refractivity contribution in [3.8, 4) is 5.69 Å². The van der Waals surface area contributed by atoms with Gasteiger partial charge in [0.05, 0.1) is 44.3 Å². The van der Waals surface area contributed by atoms with E-state index in [-0.39, 0.29) is 0 Å². The molecule has 0 saturated carbocycles. The zero-order valence-corrected chi connectivity index (χ0v) is 16.4. The SMILES string of the molecule is C[NH+]1CCC([NH+](C)Cn2c(=S)n(-c3ccccc3)c3ccccc32)CC1. The Labute approximate surface area is 160 Å². The number of rotatable bonds is 4. The number of likely N-dealkylation sites (tertiary alicyclic amines) is 1. The molecule has 1 fully saturated rings. The van der Waals surface area contributed by atoms with Gasteiger partial charge in [-0.2, -0.15) is 0 Å². The summed E-state index contributed by atoms with van der Waals surface area (Å²) < 4.78 is 5.41. The number of benzene rings is 2. The Morgan fingerprint density at radius 3 is 2.31 bits per heavy atom. The van der Waals surface area contributed by atoms with E-state index in [4.69, 9.17) is 12.2 Å². The summed E-state index contributed by atoms with van der Waals surface area (Å²) in [5.74, 6) is 0. The maximum atomic E-state index is 5.92. The highest BCUT2D eigenvalue weighted by atomic mass is 32.1. The molecule has 0 radical (unpaired) electrons. The number of nitrogens with one attached hydrogen (secondary N) is 2. The largest absolute Gasteiger partial charge is 0.337 e. The second-order valence-corrected chi connectivity index (χ2v) is 7.97. The number of fused-ring (bicyclic) bond motifs is 1. The van der Waals surface area contributed by atoms with E-state index in [1.807, 2.05) is 6.07 Å². The van der Waals surface area contributed by atoms with Crippen molar-refractivity contribution in [1.82, 2.24) is 9.13 Å². The number of quaternary nitrogens is 2. The third kappa shape index (κ3) is 3.22. The number of piperidine rings is 1. The molecule has 1 saturated heterocycles. The molecule has 1 aliphatic rings. The first-order valence-corrected chi connectivity index (χ1v) is 9.95. The Bertz CT molecular complexity index is 936. The number of aromatic nitrogens is 2. The summed E-state index contributed by atoms with van der Waals surface area (Å²) in [6.45, 7) is 3.47. The van der Waals surface area contributed by atoms with Crippen LogP contribution in [0.4, 0.5) is 0 Å². The third-order valence-corrected chi connectivity index (χ3v) is 6.20. The van der Waals surface area contributed by atoms with Gasteiger partial charge < -0.3 is 9.80 Å². The van der Waals surface area contributed by atoms with Gasteiger partial charge in [-0.25, -0.2) is 0 Å². The monoisotopic (exact) mass is 368 g/mol. The van der Waals surface area contributed by atoms with Crippen LogP contribution in [-0.2, 0) is 6.67 Å². The second-order valence-electron chi connectivity index (χ2n) is 7.61. The lowest BCUT2D eigenvalue weighted by Gasteiger charge is -2.30. The van der Waals surface area contributed by atoms with Crippen molar-refractivity contribution in [2.45, 2.75) is 25.6 Å². The van der Waals surface area contributed by atoms with Crippen LogP contribution < -0.4 is 9.80 Å². The average molecular weight is 369 g/mol. The van der Waals surface area contributed by atoms with Gasteiger partial charge in [-0.1, -0.05) is 30.3 Å². The standard InChI is InChI=1S/C21H26N4S/c1-22-14-12-17(13-15-22)23(2)16-24-19-10-6-7-11-20(19)25(21(24)26)18-8-4-3-5-9-18/h3-11,17H,12-16H2,1-2H3/p+2. The normalized spacial score (nSPS) is 21.8. The molecular formula is C21H28N4S+2. The number of para-hydroxylation sites is 3. The minimum absolute atomic E-state index is 0.722. The van der Waals surface area contributed by atoms with Crippen molar-refractivity contribution in [3.05, 3.63) is 59.4 Å². The number of imidazole rings is 1. The first-order valence-electron chi connectivity index (χ1n) is 9.54. The topological polar surface area (TPSA) is 18.7 Å². The fourth-order valence-corrected chi connectivity index (χ4v) is 4.54. The molecule has 136 valence electrons. The van der Waals surface area contributed by atoms with Crippen molar-refractivity contribution < 1.29 is 9.80 Å². The molecular weight excluding hydrogens is 340 g/mol. The van der Waals surface area contributed by atoms with Gasteiger partial charge in [0, 0.05) is 18.5 Å². The van der Waals surface area contributed by atoms with Gasteiger partial charge in [-0.15, -0.1) is 0 Å². The average Bonchev–Trinajstić information content (AvgIpc) is 2.95. The number of nitrogens with zero attached hydrogens (tertiary/aromatic N) is 2. The summed E-state index contributed by atoms with van der Waals surface area (Å²) in [4.78, 5) is 3.22. The van der Waals surface area contributed by atoms with Crippen molar-refractivity contribution in [2.75, 3.05) is 27.2 Å². The number of hydrogen-bond donors (Lipinski definition) is 2. The van der Waals surface area contributed by atoms with Crippen molar-refractivity contribution in [2.24, 2.45) is 0 Å². The summed E-state index contributed by atoms with van der Waals surface area (Å²) in [6.07, 6.45) is 2.59. The zero-order valence-electron chi connectivity index (χ0n) is 15.6. The van der Waals surface area contributed by atoms with Crippen LogP contribution in [-0.4, -0.2) is 42.4 Å². The molecule has 4 rings (SSSR count). The lowest BCUT2D eigenvalue weighted by Crippen LogP contribution is -3.17. The van der Waals surface area contributed by atoms with E-state index in [2.05, 4.69) is 71.8 Å². The van der Waals surface area contributed by atoms with Gasteiger partial charge in [-0.05, 0) is 36.5 Å². The molecule has 3 aromatic rings. The molecule has 1 aromatic heterocycles. The van der Waals surface area contributed by atoms with E-state index >= 15 is 0 Å². The lowest BCUT2D eigenvalue weighted by molar-refractivity contribution is -0.953. The first kappa shape index (κ1) is 17.5. The molecule has 2 heterocycles. The highest BCUT2D eigenvalue weighted by molar-refractivity contribution is 7.71. The predicted molar refractivity (Wildman–Crippen MR) is 109 cm³/mol. The minimum atomic E-state index is 0.722. The smallest absolute Gasteiger partial charge is 0.189 e. The van der Waals surface area contributed by atoms with Crippen LogP contribution in [0.3, 0.4) is 0 Å².